The fourth-order valence-electron chi connectivity index (χ4n) is 3.82. The van der Waals surface area contributed by atoms with E-state index >= 15 is 0 Å². The highest BCUT2D eigenvalue weighted by atomic mass is 35.5. The second-order valence-corrected chi connectivity index (χ2v) is 8.45. The van der Waals surface area contributed by atoms with E-state index in [0.29, 0.717) is 12.6 Å². The van der Waals surface area contributed by atoms with Crippen molar-refractivity contribution in [2.75, 3.05) is 25.0 Å². The van der Waals surface area contributed by atoms with Gasteiger partial charge in [-0.2, -0.15) is 0 Å². The monoisotopic (exact) mass is 428 g/mol. The van der Waals surface area contributed by atoms with E-state index in [2.05, 4.69) is 22.5 Å². The van der Waals surface area contributed by atoms with Gasteiger partial charge in [0.05, 0.1) is 6.54 Å². The number of likely N-dealkylation sites (tertiary alicyclic amines) is 1. The molecule has 0 radical (unpaired) electrons. The minimum atomic E-state index is 0.260. The minimum Gasteiger partial charge on any atom is -0.508 e. The van der Waals surface area contributed by atoms with Gasteiger partial charge in [0.1, 0.15) is 5.75 Å². The number of nitrogens with zero attached hydrogens (tertiary/aromatic N) is 2. The van der Waals surface area contributed by atoms with Gasteiger partial charge >= 0.3 is 0 Å². The summed E-state index contributed by atoms with van der Waals surface area (Å²) in [7, 11) is 0. The van der Waals surface area contributed by atoms with E-state index in [0.717, 1.165) is 47.3 Å². The molecule has 0 aliphatic carbocycles. The summed E-state index contributed by atoms with van der Waals surface area (Å²) in [4.78, 5) is 7.33. The van der Waals surface area contributed by atoms with E-state index in [1.807, 2.05) is 37.3 Å². The fraction of sp³-hybridized carbons (Fsp3) is 0.458. The number of rotatable bonds is 7. The van der Waals surface area contributed by atoms with Gasteiger partial charge in [0, 0.05) is 29.8 Å². The number of hydrogen-bond acceptors (Lipinski definition) is 3. The molecular weight excluding hydrogens is 396 g/mol. The predicted molar refractivity (Wildman–Crippen MR) is 127 cm³/mol. The number of nitrogens with one attached hydrogen (secondary N) is 2. The van der Waals surface area contributed by atoms with Crippen molar-refractivity contribution in [2.24, 2.45) is 4.99 Å². The number of guanidine groups is 1. The smallest absolute Gasteiger partial charge is 0.196 e. The molecule has 0 amide bonds. The van der Waals surface area contributed by atoms with Crippen LogP contribution in [0.5, 0.6) is 5.75 Å². The van der Waals surface area contributed by atoms with E-state index in [-0.39, 0.29) is 5.75 Å². The summed E-state index contributed by atoms with van der Waals surface area (Å²) in [5.41, 5.74) is 2.87. The first kappa shape index (κ1) is 22.4. The molecule has 0 bridgehead atoms. The van der Waals surface area contributed by atoms with Crippen LogP contribution in [0.15, 0.2) is 47.5 Å². The van der Waals surface area contributed by atoms with Crippen LogP contribution in [-0.2, 0) is 6.54 Å². The van der Waals surface area contributed by atoms with Gasteiger partial charge in [0.2, 0.25) is 0 Å². The Bertz CT molecular complexity index is 855. The van der Waals surface area contributed by atoms with E-state index in [1.165, 1.54) is 25.8 Å². The molecule has 5 nitrogen and oxygen atoms in total. The highest BCUT2D eigenvalue weighted by Gasteiger charge is 2.17. The number of aromatic hydroxyl groups is 1. The maximum atomic E-state index is 9.68. The molecule has 30 heavy (non-hydrogen) atoms. The fourth-order valence-corrected chi connectivity index (χ4v) is 4.02. The molecule has 2 aromatic carbocycles. The molecule has 1 saturated heterocycles. The van der Waals surface area contributed by atoms with Crippen molar-refractivity contribution < 1.29 is 5.11 Å². The molecule has 0 saturated carbocycles. The molecule has 2 aromatic rings. The Morgan fingerprint density at radius 3 is 2.83 bits per heavy atom. The van der Waals surface area contributed by atoms with Gasteiger partial charge in [-0.1, -0.05) is 36.2 Å². The lowest BCUT2D eigenvalue weighted by Gasteiger charge is -2.33. The third-order valence-corrected chi connectivity index (χ3v) is 6.05. The molecule has 3 N–H and O–H groups in total. The largest absolute Gasteiger partial charge is 0.508 e. The molecule has 0 spiro atoms. The first-order valence-electron chi connectivity index (χ1n) is 10.9. The van der Waals surface area contributed by atoms with Crippen molar-refractivity contribution in [1.29, 1.82) is 0 Å². The first-order chi connectivity index (χ1) is 14.5. The Kier molecular flexibility index (Phi) is 8.40. The van der Waals surface area contributed by atoms with Crippen LogP contribution in [0.3, 0.4) is 0 Å². The van der Waals surface area contributed by atoms with Crippen LogP contribution in [0.1, 0.15) is 43.7 Å². The molecule has 1 aliphatic heterocycles. The Hall–Kier alpha value is -2.24. The number of phenolic OH excluding ortho intramolecular Hbond substituents is 1. The quantitative estimate of drug-likeness (QED) is 0.246. The number of aliphatic imine (C=N–C) groups is 1. The van der Waals surface area contributed by atoms with E-state index < -0.39 is 0 Å². The number of piperidine rings is 1. The van der Waals surface area contributed by atoms with E-state index in [1.54, 1.807) is 12.1 Å². The zero-order valence-electron chi connectivity index (χ0n) is 18.0. The van der Waals surface area contributed by atoms with Crippen LogP contribution in [0.2, 0.25) is 5.02 Å². The zero-order valence-corrected chi connectivity index (χ0v) is 18.8. The normalized spacial score (nSPS) is 17.7. The van der Waals surface area contributed by atoms with Gasteiger partial charge in [0.15, 0.2) is 5.96 Å². The molecule has 1 heterocycles. The summed E-state index contributed by atoms with van der Waals surface area (Å²) in [5.74, 6) is 0.978. The van der Waals surface area contributed by atoms with E-state index in [9.17, 15) is 5.11 Å². The summed E-state index contributed by atoms with van der Waals surface area (Å²) >= 11 is 6.29. The summed E-state index contributed by atoms with van der Waals surface area (Å²) < 4.78 is 0. The zero-order chi connectivity index (χ0) is 21.3. The number of anilines is 1. The third-order valence-electron chi connectivity index (χ3n) is 5.68. The maximum absolute atomic E-state index is 9.68. The summed E-state index contributed by atoms with van der Waals surface area (Å²) in [6.07, 6.45) is 5.03. The van der Waals surface area contributed by atoms with Gasteiger partial charge in [-0.05, 0) is 75.0 Å². The molecular formula is C24H33ClN4O. The van der Waals surface area contributed by atoms with Gasteiger partial charge in [-0.15, -0.1) is 0 Å². The lowest BCUT2D eigenvalue weighted by molar-refractivity contribution is 0.159. The number of benzene rings is 2. The van der Waals surface area contributed by atoms with Crippen LogP contribution in [0, 0.1) is 6.92 Å². The number of halogens is 1. The van der Waals surface area contributed by atoms with Gasteiger partial charge in [-0.25, -0.2) is 4.99 Å². The van der Waals surface area contributed by atoms with Crippen molar-refractivity contribution in [3.05, 3.63) is 58.6 Å². The molecule has 1 unspecified atom stereocenters. The SMILES string of the molecule is Cc1cc(O)ccc1NC(=NCc1ccccc1Cl)NCCCN1CCCCC1C. The Morgan fingerprint density at radius 1 is 1.23 bits per heavy atom. The van der Waals surface area contributed by atoms with Gasteiger partial charge in [-0.3, -0.25) is 0 Å². The molecule has 162 valence electrons. The lowest BCUT2D eigenvalue weighted by atomic mass is 10.0. The Morgan fingerprint density at radius 2 is 2.07 bits per heavy atom. The lowest BCUT2D eigenvalue weighted by Crippen LogP contribution is -2.40. The van der Waals surface area contributed by atoms with Gasteiger partial charge in [0.25, 0.3) is 0 Å². The predicted octanol–water partition coefficient (Wildman–Crippen LogP) is 5.18. The van der Waals surface area contributed by atoms with Crippen LogP contribution < -0.4 is 10.6 Å². The van der Waals surface area contributed by atoms with Crippen molar-refractivity contribution in [3.8, 4) is 5.75 Å². The molecule has 1 fully saturated rings. The summed E-state index contributed by atoms with van der Waals surface area (Å²) in [6, 6.07) is 13.8. The molecule has 3 rings (SSSR count). The average Bonchev–Trinajstić information content (AvgIpc) is 2.73. The van der Waals surface area contributed by atoms with Crippen molar-refractivity contribution >= 4 is 23.2 Å². The third kappa shape index (κ3) is 6.64. The van der Waals surface area contributed by atoms with Crippen LogP contribution in [0.25, 0.3) is 0 Å². The number of phenols is 1. The molecule has 6 heteroatoms. The average molecular weight is 429 g/mol. The molecule has 1 atom stereocenters. The minimum absolute atomic E-state index is 0.260. The Balaban J connectivity index is 1.62. The summed E-state index contributed by atoms with van der Waals surface area (Å²) in [5, 5.41) is 17.2. The van der Waals surface area contributed by atoms with Crippen molar-refractivity contribution in [3.63, 3.8) is 0 Å². The maximum Gasteiger partial charge on any atom is 0.196 e. The second kappa shape index (κ2) is 11.2. The highest BCUT2D eigenvalue weighted by Crippen LogP contribution is 2.21. The van der Waals surface area contributed by atoms with Crippen molar-refractivity contribution in [1.82, 2.24) is 10.2 Å². The molecule has 1 aliphatic rings. The van der Waals surface area contributed by atoms with Crippen LogP contribution >= 0.6 is 11.6 Å². The Labute approximate surface area is 185 Å². The second-order valence-electron chi connectivity index (χ2n) is 8.04. The van der Waals surface area contributed by atoms with Gasteiger partial charge < -0.3 is 20.6 Å². The van der Waals surface area contributed by atoms with Crippen molar-refractivity contribution in [2.45, 2.75) is 52.1 Å². The van der Waals surface area contributed by atoms with Crippen LogP contribution in [-0.4, -0.2) is 41.6 Å². The topological polar surface area (TPSA) is 59.9 Å². The van der Waals surface area contributed by atoms with E-state index in [4.69, 9.17) is 16.6 Å². The first-order valence-corrected chi connectivity index (χ1v) is 11.2. The summed E-state index contributed by atoms with van der Waals surface area (Å²) in [6.45, 7) is 7.94. The standard InChI is InChI=1S/C24H33ClN4O/c1-18-16-21(30)11-12-23(18)28-24(27-17-20-9-3-4-10-22(20)25)26-13-7-15-29-14-6-5-8-19(29)2/h3-4,9-12,16,19,30H,5-8,13-15,17H2,1-2H3,(H2,26,27,28). The number of aryl methyl sites for hydroxylation is 1. The highest BCUT2D eigenvalue weighted by molar-refractivity contribution is 6.31. The molecule has 0 aromatic heterocycles. The number of hydrogen-bond donors (Lipinski definition) is 3. The van der Waals surface area contributed by atoms with Crippen LogP contribution in [0.4, 0.5) is 5.69 Å².